The highest BCUT2D eigenvalue weighted by molar-refractivity contribution is 9.10. The number of aliphatic imine (C=N–C) groups is 1. The van der Waals surface area contributed by atoms with Crippen molar-refractivity contribution in [2.75, 3.05) is 13.6 Å². The smallest absolute Gasteiger partial charge is 0.239 e. The van der Waals surface area contributed by atoms with Gasteiger partial charge in [-0.1, -0.05) is 15.9 Å². The Morgan fingerprint density at radius 1 is 1.32 bits per heavy atom. The number of nitrogens with zero attached hydrogens (tertiary/aromatic N) is 1. The van der Waals surface area contributed by atoms with Crippen molar-refractivity contribution in [2.24, 2.45) is 4.99 Å². The van der Waals surface area contributed by atoms with Crippen LogP contribution in [0.3, 0.4) is 0 Å². The Morgan fingerprint density at radius 2 is 2.00 bits per heavy atom. The maximum Gasteiger partial charge on any atom is 0.239 e. The van der Waals surface area contributed by atoms with E-state index in [-0.39, 0.29) is 23.8 Å². The summed E-state index contributed by atoms with van der Waals surface area (Å²) >= 11 is 3.37. The number of carbonyl (C=O) groups is 1. The van der Waals surface area contributed by atoms with E-state index >= 15 is 0 Å². The molecule has 22 heavy (non-hydrogen) atoms. The van der Waals surface area contributed by atoms with Gasteiger partial charge in [-0.05, 0) is 44.5 Å². The fourth-order valence-electron chi connectivity index (χ4n) is 1.70. The fourth-order valence-corrected chi connectivity index (χ4v) is 2.09. The zero-order valence-electron chi connectivity index (χ0n) is 13.3. The summed E-state index contributed by atoms with van der Waals surface area (Å²) in [6.07, 6.45) is 0. The van der Waals surface area contributed by atoms with Crippen LogP contribution in [-0.4, -0.2) is 31.0 Å². The molecular weight excluding hydrogens is 351 g/mol. The summed E-state index contributed by atoms with van der Waals surface area (Å²) in [6, 6.07) is 4.48. The molecule has 5 nitrogen and oxygen atoms in total. The van der Waals surface area contributed by atoms with Crippen LogP contribution in [0.1, 0.15) is 26.3 Å². The summed E-state index contributed by atoms with van der Waals surface area (Å²) in [5, 5.41) is 8.80. The van der Waals surface area contributed by atoms with Crippen molar-refractivity contribution in [1.29, 1.82) is 0 Å². The molecule has 1 rings (SSSR count). The van der Waals surface area contributed by atoms with Crippen LogP contribution in [0.2, 0.25) is 0 Å². The van der Waals surface area contributed by atoms with Crippen molar-refractivity contribution in [2.45, 2.75) is 32.9 Å². The monoisotopic (exact) mass is 372 g/mol. The second-order valence-corrected chi connectivity index (χ2v) is 6.67. The van der Waals surface area contributed by atoms with E-state index in [0.717, 1.165) is 10.0 Å². The number of benzene rings is 1. The maximum atomic E-state index is 13.2. The van der Waals surface area contributed by atoms with Gasteiger partial charge in [-0.15, -0.1) is 0 Å². The summed E-state index contributed by atoms with van der Waals surface area (Å²) in [6.45, 7) is 6.25. The SMILES string of the molecule is CN=C(NCC(=O)NC(C)(C)C)NCc1cc(F)ccc1Br. The summed E-state index contributed by atoms with van der Waals surface area (Å²) in [5.41, 5.74) is 0.490. The zero-order valence-corrected chi connectivity index (χ0v) is 14.8. The van der Waals surface area contributed by atoms with E-state index in [1.807, 2.05) is 20.8 Å². The minimum atomic E-state index is -0.299. The van der Waals surface area contributed by atoms with Crippen LogP contribution in [0, 0.1) is 5.82 Å². The van der Waals surface area contributed by atoms with E-state index in [9.17, 15) is 9.18 Å². The Bertz CT molecular complexity index is 555. The van der Waals surface area contributed by atoms with Crippen LogP contribution in [-0.2, 0) is 11.3 Å². The molecule has 0 fully saturated rings. The van der Waals surface area contributed by atoms with Crippen molar-refractivity contribution >= 4 is 27.8 Å². The van der Waals surface area contributed by atoms with E-state index in [1.54, 1.807) is 13.1 Å². The third kappa shape index (κ3) is 6.89. The Hall–Kier alpha value is -1.63. The number of guanidine groups is 1. The van der Waals surface area contributed by atoms with Crippen LogP contribution in [0.4, 0.5) is 4.39 Å². The average Bonchev–Trinajstić information content (AvgIpc) is 2.40. The highest BCUT2D eigenvalue weighted by Crippen LogP contribution is 2.17. The summed E-state index contributed by atoms with van der Waals surface area (Å²) < 4.78 is 14.0. The first-order chi connectivity index (χ1) is 10.2. The number of nitrogens with one attached hydrogen (secondary N) is 3. The largest absolute Gasteiger partial charge is 0.352 e. The quantitative estimate of drug-likeness (QED) is 0.560. The molecule has 0 aromatic heterocycles. The lowest BCUT2D eigenvalue weighted by molar-refractivity contribution is -0.121. The lowest BCUT2D eigenvalue weighted by atomic mass is 10.1. The highest BCUT2D eigenvalue weighted by atomic mass is 79.9. The number of hydrogen-bond donors (Lipinski definition) is 3. The van der Waals surface area contributed by atoms with E-state index < -0.39 is 0 Å². The van der Waals surface area contributed by atoms with Crippen LogP contribution >= 0.6 is 15.9 Å². The molecule has 1 aromatic carbocycles. The van der Waals surface area contributed by atoms with Gasteiger partial charge >= 0.3 is 0 Å². The third-order valence-corrected chi connectivity index (χ3v) is 3.38. The van der Waals surface area contributed by atoms with Gasteiger partial charge in [0, 0.05) is 23.6 Å². The Morgan fingerprint density at radius 3 is 2.59 bits per heavy atom. The first-order valence-electron chi connectivity index (χ1n) is 6.91. The fraction of sp³-hybridized carbons (Fsp3) is 0.467. The van der Waals surface area contributed by atoms with Gasteiger partial charge in [-0.25, -0.2) is 4.39 Å². The van der Waals surface area contributed by atoms with E-state index in [0.29, 0.717) is 12.5 Å². The van der Waals surface area contributed by atoms with E-state index in [4.69, 9.17) is 0 Å². The van der Waals surface area contributed by atoms with Crippen LogP contribution in [0.25, 0.3) is 0 Å². The molecule has 0 bridgehead atoms. The predicted octanol–water partition coefficient (Wildman–Crippen LogP) is 2.17. The van der Waals surface area contributed by atoms with Gasteiger partial charge in [0.2, 0.25) is 5.91 Å². The predicted molar refractivity (Wildman–Crippen MR) is 90.2 cm³/mol. The molecule has 0 spiro atoms. The average molecular weight is 373 g/mol. The van der Waals surface area contributed by atoms with Gasteiger partial charge in [0.25, 0.3) is 0 Å². The first kappa shape index (κ1) is 18.4. The normalized spacial score (nSPS) is 12.0. The van der Waals surface area contributed by atoms with Gasteiger partial charge in [0.05, 0.1) is 6.54 Å². The third-order valence-electron chi connectivity index (χ3n) is 2.61. The minimum Gasteiger partial charge on any atom is -0.352 e. The number of rotatable bonds is 4. The number of hydrogen-bond acceptors (Lipinski definition) is 2. The molecule has 0 unspecified atom stereocenters. The highest BCUT2D eigenvalue weighted by Gasteiger charge is 2.13. The molecule has 0 aliphatic rings. The molecule has 122 valence electrons. The van der Waals surface area contributed by atoms with Crippen molar-refractivity contribution in [3.8, 4) is 0 Å². The molecule has 1 amide bonds. The molecule has 3 N–H and O–H groups in total. The lowest BCUT2D eigenvalue weighted by Crippen LogP contribution is -2.48. The molecule has 0 aliphatic heterocycles. The number of halogens is 2. The van der Waals surface area contributed by atoms with Gasteiger partial charge in [0.1, 0.15) is 5.82 Å². The molecule has 0 heterocycles. The Labute approximate surface area is 138 Å². The molecule has 0 aliphatic carbocycles. The summed E-state index contributed by atoms with van der Waals surface area (Å²) in [7, 11) is 1.61. The second-order valence-electron chi connectivity index (χ2n) is 5.81. The summed E-state index contributed by atoms with van der Waals surface area (Å²) in [5.74, 6) is 0.0510. The molecule has 0 atom stereocenters. The van der Waals surface area contributed by atoms with Gasteiger partial charge in [-0.2, -0.15) is 0 Å². The standard InChI is InChI=1S/C15H22BrFN4O/c1-15(2,3)21-13(22)9-20-14(18-4)19-8-10-7-11(17)5-6-12(10)16/h5-7H,8-9H2,1-4H3,(H,21,22)(H2,18,19,20). The first-order valence-corrected chi connectivity index (χ1v) is 7.70. The van der Waals surface area contributed by atoms with Gasteiger partial charge in [0.15, 0.2) is 5.96 Å². The van der Waals surface area contributed by atoms with Crippen LogP contribution in [0.15, 0.2) is 27.7 Å². The maximum absolute atomic E-state index is 13.2. The van der Waals surface area contributed by atoms with Crippen LogP contribution in [0.5, 0.6) is 0 Å². The van der Waals surface area contributed by atoms with Crippen molar-refractivity contribution in [1.82, 2.24) is 16.0 Å². The topological polar surface area (TPSA) is 65.5 Å². The molecule has 1 aromatic rings. The molecule has 0 radical (unpaired) electrons. The van der Waals surface area contributed by atoms with Crippen LogP contribution < -0.4 is 16.0 Å². The number of amides is 1. The molecular formula is C15H22BrFN4O. The number of carbonyl (C=O) groups excluding carboxylic acids is 1. The second kappa shape index (κ2) is 8.12. The molecule has 0 saturated carbocycles. The zero-order chi connectivity index (χ0) is 16.8. The molecule has 7 heteroatoms. The van der Waals surface area contributed by atoms with Crippen molar-refractivity contribution in [3.05, 3.63) is 34.1 Å². The van der Waals surface area contributed by atoms with Gasteiger partial charge in [-0.3, -0.25) is 9.79 Å². The van der Waals surface area contributed by atoms with Crippen molar-refractivity contribution < 1.29 is 9.18 Å². The lowest BCUT2D eigenvalue weighted by Gasteiger charge is -2.21. The van der Waals surface area contributed by atoms with E-state index in [2.05, 4.69) is 36.9 Å². The minimum absolute atomic E-state index is 0.112. The van der Waals surface area contributed by atoms with Crippen molar-refractivity contribution in [3.63, 3.8) is 0 Å². The van der Waals surface area contributed by atoms with E-state index in [1.165, 1.54) is 12.1 Å². The Kier molecular flexibility index (Phi) is 6.80. The molecule has 0 saturated heterocycles. The van der Waals surface area contributed by atoms with Gasteiger partial charge < -0.3 is 16.0 Å². The summed E-state index contributed by atoms with van der Waals surface area (Å²) in [4.78, 5) is 15.8. The Balaban J connectivity index is 2.49.